The SMILES string of the molecule is CC(C)[C@H](NC(=O)c1cnc(OCC2CC2)cn1)[C@H](O)C(F)(F)F. The van der Waals surface area contributed by atoms with Gasteiger partial charge in [-0.1, -0.05) is 13.8 Å². The van der Waals surface area contributed by atoms with Crippen LogP contribution in [0.5, 0.6) is 5.88 Å². The predicted octanol–water partition coefficient (Wildman–Crippen LogP) is 1.94. The van der Waals surface area contributed by atoms with Crippen LogP contribution in [0.2, 0.25) is 0 Å². The Labute approximate surface area is 137 Å². The predicted molar refractivity (Wildman–Crippen MR) is 78.4 cm³/mol. The zero-order chi connectivity index (χ0) is 17.9. The molecule has 0 aromatic carbocycles. The topological polar surface area (TPSA) is 84.3 Å². The maximum absolute atomic E-state index is 12.7. The van der Waals surface area contributed by atoms with Crippen molar-refractivity contribution < 1.29 is 27.8 Å². The molecule has 2 rings (SSSR count). The molecule has 9 heteroatoms. The van der Waals surface area contributed by atoms with Crippen LogP contribution in [0.3, 0.4) is 0 Å². The minimum atomic E-state index is -4.82. The Morgan fingerprint density at radius 2 is 2.04 bits per heavy atom. The van der Waals surface area contributed by atoms with Gasteiger partial charge in [0.15, 0.2) is 6.10 Å². The Kier molecular flexibility index (Phi) is 5.63. The lowest BCUT2D eigenvalue weighted by atomic mass is 9.98. The number of aliphatic hydroxyl groups is 1. The smallest absolute Gasteiger partial charge is 0.416 e. The van der Waals surface area contributed by atoms with Crippen LogP contribution >= 0.6 is 0 Å². The molecule has 0 bridgehead atoms. The normalized spacial score (nSPS) is 17.5. The average Bonchev–Trinajstić information content (AvgIpc) is 3.33. The van der Waals surface area contributed by atoms with Gasteiger partial charge < -0.3 is 15.2 Å². The van der Waals surface area contributed by atoms with Crippen molar-refractivity contribution in [1.82, 2.24) is 15.3 Å². The molecule has 1 aliphatic carbocycles. The fraction of sp³-hybridized carbons (Fsp3) is 0.667. The van der Waals surface area contributed by atoms with E-state index in [1.54, 1.807) is 0 Å². The van der Waals surface area contributed by atoms with Gasteiger partial charge in [0.2, 0.25) is 5.88 Å². The zero-order valence-corrected chi connectivity index (χ0v) is 13.4. The number of halogens is 3. The number of nitrogens with zero attached hydrogens (tertiary/aromatic N) is 2. The second-order valence-corrected chi connectivity index (χ2v) is 6.22. The molecule has 1 saturated carbocycles. The van der Waals surface area contributed by atoms with E-state index in [0.717, 1.165) is 19.0 Å². The van der Waals surface area contributed by atoms with Crippen LogP contribution in [0.15, 0.2) is 12.4 Å². The summed E-state index contributed by atoms with van der Waals surface area (Å²) in [5.74, 6) is -0.669. The van der Waals surface area contributed by atoms with Crippen molar-refractivity contribution in [2.75, 3.05) is 6.61 Å². The lowest BCUT2D eigenvalue weighted by molar-refractivity contribution is -0.214. The average molecular weight is 347 g/mol. The van der Waals surface area contributed by atoms with Gasteiger partial charge in [0.1, 0.15) is 5.69 Å². The molecule has 134 valence electrons. The molecule has 1 heterocycles. The van der Waals surface area contributed by atoms with Crippen molar-refractivity contribution in [2.24, 2.45) is 11.8 Å². The van der Waals surface area contributed by atoms with Gasteiger partial charge in [-0.3, -0.25) is 4.79 Å². The van der Waals surface area contributed by atoms with E-state index in [4.69, 9.17) is 4.74 Å². The molecular weight excluding hydrogens is 327 g/mol. The first-order chi connectivity index (χ1) is 11.2. The highest BCUT2D eigenvalue weighted by atomic mass is 19.4. The number of alkyl halides is 3. The summed E-state index contributed by atoms with van der Waals surface area (Å²) >= 11 is 0. The number of amides is 1. The van der Waals surface area contributed by atoms with E-state index in [-0.39, 0.29) is 11.6 Å². The van der Waals surface area contributed by atoms with E-state index in [0.29, 0.717) is 12.5 Å². The molecule has 1 fully saturated rings. The van der Waals surface area contributed by atoms with Gasteiger partial charge in [-0.2, -0.15) is 13.2 Å². The maximum atomic E-state index is 12.7. The molecule has 2 N–H and O–H groups in total. The molecule has 1 aromatic heterocycles. The lowest BCUT2D eigenvalue weighted by Gasteiger charge is -2.28. The number of carbonyl (C=O) groups excluding carboxylic acids is 1. The summed E-state index contributed by atoms with van der Waals surface area (Å²) in [6.45, 7) is 3.48. The Morgan fingerprint density at radius 1 is 1.38 bits per heavy atom. The number of hydrogen-bond donors (Lipinski definition) is 2. The van der Waals surface area contributed by atoms with Gasteiger partial charge in [-0.05, 0) is 24.7 Å². The third-order valence-corrected chi connectivity index (χ3v) is 3.72. The van der Waals surface area contributed by atoms with Crippen LogP contribution in [0.4, 0.5) is 13.2 Å². The van der Waals surface area contributed by atoms with Crippen molar-refractivity contribution >= 4 is 5.91 Å². The lowest BCUT2D eigenvalue weighted by Crippen LogP contribution is -2.52. The van der Waals surface area contributed by atoms with Crippen LogP contribution in [-0.4, -0.2) is 45.9 Å². The quantitative estimate of drug-likeness (QED) is 0.787. The molecule has 24 heavy (non-hydrogen) atoms. The van der Waals surface area contributed by atoms with E-state index in [1.807, 2.05) is 0 Å². The van der Waals surface area contributed by atoms with Crippen LogP contribution in [0.1, 0.15) is 37.2 Å². The van der Waals surface area contributed by atoms with Gasteiger partial charge >= 0.3 is 6.18 Å². The summed E-state index contributed by atoms with van der Waals surface area (Å²) in [6, 6.07) is -1.48. The molecule has 0 aliphatic heterocycles. The van der Waals surface area contributed by atoms with Crippen LogP contribution in [-0.2, 0) is 0 Å². The zero-order valence-electron chi connectivity index (χ0n) is 13.4. The molecule has 0 radical (unpaired) electrons. The first kappa shape index (κ1) is 18.4. The van der Waals surface area contributed by atoms with Crippen LogP contribution in [0, 0.1) is 11.8 Å². The van der Waals surface area contributed by atoms with Crippen molar-refractivity contribution in [2.45, 2.75) is 45.0 Å². The summed E-state index contributed by atoms with van der Waals surface area (Å²) in [4.78, 5) is 19.8. The number of rotatable bonds is 7. The number of aromatic nitrogens is 2. The molecule has 6 nitrogen and oxygen atoms in total. The summed E-state index contributed by atoms with van der Waals surface area (Å²) in [5, 5.41) is 11.6. The minimum absolute atomic E-state index is 0.145. The highest BCUT2D eigenvalue weighted by molar-refractivity contribution is 5.92. The number of ether oxygens (including phenoxy) is 1. The molecule has 2 atom stereocenters. The fourth-order valence-corrected chi connectivity index (χ4v) is 2.03. The van der Waals surface area contributed by atoms with E-state index in [9.17, 15) is 23.1 Å². The largest absolute Gasteiger partial charge is 0.476 e. The molecule has 0 saturated heterocycles. The van der Waals surface area contributed by atoms with Crippen molar-refractivity contribution in [3.63, 3.8) is 0 Å². The summed E-state index contributed by atoms with van der Waals surface area (Å²) in [5.41, 5.74) is -0.145. The highest BCUT2D eigenvalue weighted by Gasteiger charge is 2.45. The number of aliphatic hydroxyl groups excluding tert-OH is 1. The van der Waals surface area contributed by atoms with Gasteiger partial charge in [0.05, 0.1) is 25.0 Å². The Bertz CT molecular complexity index is 559. The Balaban J connectivity index is 1.98. The number of hydrogen-bond acceptors (Lipinski definition) is 5. The van der Waals surface area contributed by atoms with E-state index < -0.39 is 30.1 Å². The standard InChI is InChI=1S/C15H20F3N3O3/c1-8(2)12(13(22)15(16,17)18)21-14(23)10-5-20-11(6-19-10)24-7-9-3-4-9/h5-6,8-9,12-13,22H,3-4,7H2,1-2H3,(H,21,23)/t12-,13-/m0/s1. The monoisotopic (exact) mass is 347 g/mol. The van der Waals surface area contributed by atoms with E-state index >= 15 is 0 Å². The van der Waals surface area contributed by atoms with Crippen LogP contribution < -0.4 is 10.1 Å². The van der Waals surface area contributed by atoms with E-state index in [2.05, 4.69) is 15.3 Å². The van der Waals surface area contributed by atoms with Gasteiger partial charge in [0, 0.05) is 0 Å². The molecule has 1 aromatic rings. The van der Waals surface area contributed by atoms with Crippen molar-refractivity contribution in [3.05, 3.63) is 18.1 Å². The van der Waals surface area contributed by atoms with Crippen LogP contribution in [0.25, 0.3) is 0 Å². The number of carbonyl (C=O) groups is 1. The second kappa shape index (κ2) is 7.33. The third-order valence-electron chi connectivity index (χ3n) is 3.72. The maximum Gasteiger partial charge on any atom is 0.416 e. The van der Waals surface area contributed by atoms with Gasteiger partial charge in [0.25, 0.3) is 5.91 Å². The summed E-state index contributed by atoms with van der Waals surface area (Å²) in [6.07, 6.45) is -2.86. The Morgan fingerprint density at radius 3 is 2.50 bits per heavy atom. The molecule has 0 unspecified atom stereocenters. The fourth-order valence-electron chi connectivity index (χ4n) is 2.03. The van der Waals surface area contributed by atoms with Crippen molar-refractivity contribution in [1.29, 1.82) is 0 Å². The number of nitrogens with one attached hydrogen (secondary N) is 1. The summed E-state index contributed by atoms with van der Waals surface area (Å²) < 4.78 is 43.4. The van der Waals surface area contributed by atoms with E-state index in [1.165, 1.54) is 20.0 Å². The van der Waals surface area contributed by atoms with Crippen molar-refractivity contribution in [3.8, 4) is 5.88 Å². The Hall–Kier alpha value is -1.90. The minimum Gasteiger partial charge on any atom is -0.476 e. The molecule has 0 spiro atoms. The first-order valence-electron chi connectivity index (χ1n) is 7.69. The molecular formula is C15H20F3N3O3. The highest BCUT2D eigenvalue weighted by Crippen LogP contribution is 2.29. The third kappa shape index (κ3) is 5.05. The summed E-state index contributed by atoms with van der Waals surface area (Å²) in [7, 11) is 0. The van der Waals surface area contributed by atoms with Gasteiger partial charge in [-0.25, -0.2) is 9.97 Å². The molecule has 1 aliphatic rings. The first-order valence-corrected chi connectivity index (χ1v) is 7.69. The second-order valence-electron chi connectivity index (χ2n) is 6.22. The molecule has 1 amide bonds. The van der Waals surface area contributed by atoms with Gasteiger partial charge in [-0.15, -0.1) is 0 Å².